The van der Waals surface area contributed by atoms with Crippen LogP contribution in [0, 0.1) is 0 Å². The van der Waals surface area contributed by atoms with E-state index in [4.69, 9.17) is 4.84 Å². The molecule has 0 aromatic heterocycles. The fraction of sp³-hybridized carbons (Fsp3) is 0.538. The van der Waals surface area contributed by atoms with Crippen LogP contribution >= 0.6 is 0 Å². The third kappa shape index (κ3) is 1.86. The molecule has 0 radical (unpaired) electrons. The lowest BCUT2D eigenvalue weighted by molar-refractivity contribution is 0.0951. The van der Waals surface area contributed by atoms with Gasteiger partial charge in [-0.1, -0.05) is 30.3 Å². The van der Waals surface area contributed by atoms with Crippen LogP contribution in [0.15, 0.2) is 30.3 Å². The number of hydrogen-bond donors (Lipinski definition) is 1. The summed E-state index contributed by atoms with van der Waals surface area (Å²) in [6.07, 6.45) is 3.42. The third-order valence-electron chi connectivity index (χ3n) is 3.57. The lowest BCUT2D eigenvalue weighted by atomic mass is 9.95. The highest BCUT2D eigenvalue weighted by Gasteiger charge is 2.57. The van der Waals surface area contributed by atoms with Gasteiger partial charge in [-0.15, -0.1) is 0 Å². The minimum atomic E-state index is -0.186. The Kier molecular flexibility index (Phi) is 2.46. The van der Waals surface area contributed by atoms with Gasteiger partial charge in [0, 0.05) is 13.0 Å². The smallest absolute Gasteiger partial charge is 0.167 e. The molecule has 3 unspecified atom stereocenters. The Hall–Kier alpha value is -0.900. The van der Waals surface area contributed by atoms with Crippen molar-refractivity contribution in [1.82, 2.24) is 5.06 Å². The maximum Gasteiger partial charge on any atom is 0.167 e. The number of nitrogens with zero attached hydrogens (tertiary/aromatic N) is 1. The number of benzene rings is 1. The fourth-order valence-electron chi connectivity index (χ4n) is 2.57. The van der Waals surface area contributed by atoms with Gasteiger partial charge in [0.1, 0.15) is 0 Å². The zero-order valence-corrected chi connectivity index (χ0v) is 9.30. The maximum atomic E-state index is 9.66. The van der Waals surface area contributed by atoms with E-state index in [1.807, 2.05) is 11.1 Å². The first-order chi connectivity index (χ1) is 7.78. The molecular formula is C13H17NO2. The van der Waals surface area contributed by atoms with E-state index in [2.05, 4.69) is 24.3 Å². The Morgan fingerprint density at radius 3 is 3.00 bits per heavy atom. The van der Waals surface area contributed by atoms with E-state index < -0.39 is 0 Å². The molecule has 3 atom stereocenters. The minimum absolute atomic E-state index is 0.145. The first-order valence-corrected chi connectivity index (χ1v) is 5.97. The molecule has 0 saturated carbocycles. The van der Waals surface area contributed by atoms with Gasteiger partial charge in [-0.05, 0) is 24.8 Å². The Balaban J connectivity index is 1.60. The minimum Gasteiger partial charge on any atom is -0.393 e. The predicted octanol–water partition coefficient (Wildman–Crippen LogP) is 1.72. The van der Waals surface area contributed by atoms with Crippen LogP contribution in [0.25, 0.3) is 0 Å². The van der Waals surface area contributed by atoms with Gasteiger partial charge in [-0.3, -0.25) is 4.84 Å². The maximum absolute atomic E-state index is 9.66. The van der Waals surface area contributed by atoms with E-state index in [1.54, 1.807) is 0 Å². The normalized spacial score (nSPS) is 36.8. The van der Waals surface area contributed by atoms with Crippen molar-refractivity contribution in [1.29, 1.82) is 0 Å². The van der Waals surface area contributed by atoms with Gasteiger partial charge < -0.3 is 5.11 Å². The molecule has 0 amide bonds. The number of aliphatic hydroxyl groups is 1. The van der Waals surface area contributed by atoms with E-state index in [1.165, 1.54) is 5.56 Å². The van der Waals surface area contributed by atoms with Crippen LogP contribution < -0.4 is 0 Å². The van der Waals surface area contributed by atoms with Crippen molar-refractivity contribution < 1.29 is 9.94 Å². The van der Waals surface area contributed by atoms with Crippen LogP contribution in [0.1, 0.15) is 24.8 Å². The van der Waals surface area contributed by atoms with Crippen LogP contribution in [-0.2, 0) is 11.3 Å². The monoisotopic (exact) mass is 219 g/mol. The van der Waals surface area contributed by atoms with Crippen molar-refractivity contribution in [3.63, 3.8) is 0 Å². The average molecular weight is 219 g/mol. The van der Waals surface area contributed by atoms with Crippen LogP contribution in [0.5, 0.6) is 0 Å². The van der Waals surface area contributed by atoms with Crippen LogP contribution in [-0.4, -0.2) is 28.5 Å². The van der Waals surface area contributed by atoms with E-state index in [9.17, 15) is 5.11 Å². The van der Waals surface area contributed by atoms with Gasteiger partial charge in [0.25, 0.3) is 0 Å². The summed E-state index contributed by atoms with van der Waals surface area (Å²) in [5, 5.41) is 11.7. The average Bonchev–Trinajstić information content (AvgIpc) is 3.02. The largest absolute Gasteiger partial charge is 0.393 e. The van der Waals surface area contributed by atoms with E-state index in [0.29, 0.717) is 0 Å². The van der Waals surface area contributed by atoms with Gasteiger partial charge in [-0.25, -0.2) is 0 Å². The first kappa shape index (κ1) is 10.3. The van der Waals surface area contributed by atoms with Crippen molar-refractivity contribution in [2.45, 2.75) is 37.5 Å². The summed E-state index contributed by atoms with van der Waals surface area (Å²) in [5.41, 5.74) is 1.19. The number of piperidine rings is 1. The lowest BCUT2D eigenvalue weighted by Crippen LogP contribution is -2.33. The Morgan fingerprint density at radius 1 is 1.38 bits per heavy atom. The SMILES string of the molecule is OC1CCN2OC2(CCc2ccccc2)C1. The summed E-state index contributed by atoms with van der Waals surface area (Å²) < 4.78 is 0. The van der Waals surface area contributed by atoms with Crippen molar-refractivity contribution in [2.75, 3.05) is 6.54 Å². The summed E-state index contributed by atoms with van der Waals surface area (Å²) in [6, 6.07) is 10.4. The first-order valence-electron chi connectivity index (χ1n) is 5.97. The van der Waals surface area contributed by atoms with E-state index in [0.717, 1.165) is 32.2 Å². The van der Waals surface area contributed by atoms with Gasteiger partial charge in [-0.2, -0.15) is 5.06 Å². The molecule has 3 nitrogen and oxygen atoms in total. The highest BCUT2D eigenvalue weighted by Crippen LogP contribution is 2.46. The number of rotatable bonds is 3. The number of hydrogen-bond acceptors (Lipinski definition) is 3. The zero-order valence-electron chi connectivity index (χ0n) is 9.30. The molecule has 0 bridgehead atoms. The molecule has 0 spiro atoms. The van der Waals surface area contributed by atoms with Crippen LogP contribution in [0.3, 0.4) is 0 Å². The molecule has 2 saturated heterocycles. The molecule has 3 rings (SSSR count). The standard InChI is InChI=1S/C13H17NO2/c15-12-7-9-14-13(10-12,16-14)8-6-11-4-2-1-3-5-11/h1-5,12,15H,6-10H2. The van der Waals surface area contributed by atoms with E-state index >= 15 is 0 Å². The second-order valence-corrected chi connectivity index (χ2v) is 4.77. The Bertz CT molecular complexity index is 367. The van der Waals surface area contributed by atoms with Gasteiger partial charge >= 0.3 is 0 Å². The quantitative estimate of drug-likeness (QED) is 0.786. The molecular weight excluding hydrogens is 202 g/mol. The summed E-state index contributed by atoms with van der Waals surface area (Å²) in [5.74, 6) is 0. The predicted molar refractivity (Wildman–Crippen MR) is 60.5 cm³/mol. The number of aryl methyl sites for hydroxylation is 1. The van der Waals surface area contributed by atoms with Gasteiger partial charge in [0.05, 0.1) is 6.10 Å². The van der Waals surface area contributed by atoms with Gasteiger partial charge in [0.15, 0.2) is 5.72 Å². The molecule has 0 aliphatic carbocycles. The molecule has 1 aromatic carbocycles. The summed E-state index contributed by atoms with van der Waals surface area (Å²) >= 11 is 0. The second-order valence-electron chi connectivity index (χ2n) is 4.77. The van der Waals surface area contributed by atoms with Crippen molar-refractivity contribution in [2.24, 2.45) is 0 Å². The zero-order chi connectivity index (χ0) is 11.0. The number of fused-ring (bicyclic) bond motifs is 1. The molecule has 2 aliphatic rings. The van der Waals surface area contributed by atoms with Crippen molar-refractivity contribution in [3.8, 4) is 0 Å². The highest BCUT2D eigenvalue weighted by atomic mass is 16.9. The molecule has 86 valence electrons. The van der Waals surface area contributed by atoms with Crippen LogP contribution in [0.2, 0.25) is 0 Å². The third-order valence-corrected chi connectivity index (χ3v) is 3.57. The number of hydroxylamine groups is 2. The molecule has 1 N–H and O–H groups in total. The Morgan fingerprint density at radius 2 is 2.19 bits per heavy atom. The van der Waals surface area contributed by atoms with Gasteiger partial charge in [0.2, 0.25) is 0 Å². The lowest BCUT2D eigenvalue weighted by Gasteiger charge is -2.21. The summed E-state index contributed by atoms with van der Waals surface area (Å²) in [6.45, 7) is 0.871. The van der Waals surface area contributed by atoms with Crippen molar-refractivity contribution in [3.05, 3.63) is 35.9 Å². The molecule has 2 aliphatic heterocycles. The Labute approximate surface area is 95.6 Å². The molecule has 16 heavy (non-hydrogen) atoms. The number of aliphatic hydroxyl groups excluding tert-OH is 1. The highest BCUT2D eigenvalue weighted by molar-refractivity contribution is 5.15. The van der Waals surface area contributed by atoms with Crippen molar-refractivity contribution >= 4 is 0 Å². The fourth-order valence-corrected chi connectivity index (χ4v) is 2.57. The second kappa shape index (κ2) is 3.84. The summed E-state index contributed by atoms with van der Waals surface area (Å²) in [4.78, 5) is 5.63. The molecule has 2 fully saturated rings. The molecule has 2 heterocycles. The molecule has 3 heteroatoms. The summed E-state index contributed by atoms with van der Waals surface area (Å²) in [7, 11) is 0. The van der Waals surface area contributed by atoms with Crippen LogP contribution in [0.4, 0.5) is 0 Å². The topological polar surface area (TPSA) is 35.8 Å². The van der Waals surface area contributed by atoms with E-state index in [-0.39, 0.29) is 11.8 Å². The molecule has 1 aromatic rings.